The van der Waals surface area contributed by atoms with Crippen molar-refractivity contribution in [2.24, 2.45) is 11.8 Å². The van der Waals surface area contributed by atoms with E-state index in [-0.39, 0.29) is 18.1 Å². The van der Waals surface area contributed by atoms with Crippen molar-refractivity contribution >= 4 is 23.5 Å². The third-order valence-electron chi connectivity index (χ3n) is 5.38. The van der Waals surface area contributed by atoms with E-state index in [1.165, 1.54) is 6.92 Å². The topological polar surface area (TPSA) is 94.8 Å². The van der Waals surface area contributed by atoms with Gasteiger partial charge in [-0.2, -0.15) is 0 Å². The lowest BCUT2D eigenvalue weighted by Crippen LogP contribution is -2.15. The Morgan fingerprint density at radius 3 is 2.59 bits per heavy atom. The van der Waals surface area contributed by atoms with Gasteiger partial charge < -0.3 is 15.3 Å². The zero-order valence-electron chi connectivity index (χ0n) is 18.1. The van der Waals surface area contributed by atoms with Crippen LogP contribution < -0.4 is 0 Å². The van der Waals surface area contributed by atoms with E-state index in [0.29, 0.717) is 30.8 Å². The molecule has 5 nitrogen and oxygen atoms in total. The van der Waals surface area contributed by atoms with Crippen molar-refractivity contribution in [3.63, 3.8) is 0 Å². The van der Waals surface area contributed by atoms with Crippen molar-refractivity contribution in [2.45, 2.75) is 90.8 Å². The maximum absolute atomic E-state index is 12.0. The number of Topliss-reactive ketones (excluding diaryl/α,β-unsaturated/α-hetero) is 1. The third kappa shape index (κ3) is 9.96. The molecule has 0 bridgehead atoms. The van der Waals surface area contributed by atoms with Gasteiger partial charge in [0.2, 0.25) is 0 Å². The number of aliphatic carboxylic acids is 1. The molecular weight excluding hydrogens is 388 g/mol. The Labute approximate surface area is 179 Å². The minimum Gasteiger partial charge on any atom is -0.481 e. The summed E-state index contributed by atoms with van der Waals surface area (Å²) in [5.74, 6) is 0.205. The fourth-order valence-corrected chi connectivity index (χ4v) is 5.07. The fraction of sp³-hybridized carbons (Fsp3) is 0.739. The Balaban J connectivity index is 2.65. The molecule has 0 aliphatic heterocycles. The molecule has 0 spiro atoms. The van der Waals surface area contributed by atoms with Gasteiger partial charge in [0.05, 0.1) is 12.2 Å². The van der Waals surface area contributed by atoms with Crippen molar-refractivity contribution in [2.75, 3.05) is 5.75 Å². The summed E-state index contributed by atoms with van der Waals surface area (Å²) < 4.78 is 0. The Morgan fingerprint density at radius 1 is 1.24 bits per heavy atom. The normalized spacial score (nSPS) is 21.7. The number of carbonyl (C=O) groups is 2. The second-order valence-corrected chi connectivity index (χ2v) is 9.32. The number of thioether (sulfide) groups is 1. The van der Waals surface area contributed by atoms with Gasteiger partial charge >= 0.3 is 5.97 Å². The predicted octanol–water partition coefficient (Wildman–Crippen LogP) is 4.72. The van der Waals surface area contributed by atoms with E-state index in [2.05, 4.69) is 13.8 Å². The highest BCUT2D eigenvalue weighted by Gasteiger charge is 2.33. The van der Waals surface area contributed by atoms with E-state index < -0.39 is 18.2 Å². The maximum atomic E-state index is 12.0. The van der Waals surface area contributed by atoms with Crippen molar-refractivity contribution in [3.05, 3.63) is 22.6 Å². The van der Waals surface area contributed by atoms with Crippen molar-refractivity contribution in [1.29, 1.82) is 0 Å². The number of ketones is 1. The van der Waals surface area contributed by atoms with E-state index in [9.17, 15) is 19.8 Å². The molecule has 0 radical (unpaired) electrons. The molecule has 1 rings (SSSR count). The maximum Gasteiger partial charge on any atom is 0.303 e. The van der Waals surface area contributed by atoms with Crippen LogP contribution in [-0.2, 0) is 9.59 Å². The third-order valence-corrected chi connectivity index (χ3v) is 6.70. The molecule has 29 heavy (non-hydrogen) atoms. The van der Waals surface area contributed by atoms with E-state index >= 15 is 0 Å². The van der Waals surface area contributed by atoms with Gasteiger partial charge in [0.15, 0.2) is 5.78 Å². The first kappa shape index (κ1) is 25.9. The molecule has 1 aliphatic carbocycles. The first-order valence-electron chi connectivity index (χ1n) is 10.9. The Hall–Kier alpha value is -1.11. The standard InChI is InChI=1S/C23H38O5S/c1-4-5-9-16(2)14-18(25)11-12-19-21(26)15-20(17(3)24)23(19)29-13-8-6-7-10-22(27)28/h11-12,16,18-19,21,25-26H,4-10,13-15H2,1-3H3,(H,27,28)/t16-,18-,19+,21-/m1/s1. The van der Waals surface area contributed by atoms with Gasteiger partial charge in [0.25, 0.3) is 0 Å². The van der Waals surface area contributed by atoms with Crippen LogP contribution in [0.4, 0.5) is 0 Å². The quantitative estimate of drug-likeness (QED) is 0.259. The van der Waals surface area contributed by atoms with E-state index in [4.69, 9.17) is 5.11 Å². The van der Waals surface area contributed by atoms with Crippen molar-refractivity contribution in [3.8, 4) is 0 Å². The number of aliphatic hydroxyl groups is 2. The molecule has 6 heteroatoms. The average molecular weight is 427 g/mol. The number of rotatable bonds is 15. The van der Waals surface area contributed by atoms with Crippen LogP contribution in [0.3, 0.4) is 0 Å². The second kappa shape index (κ2) is 14.0. The molecule has 0 aromatic rings. The van der Waals surface area contributed by atoms with Gasteiger partial charge in [-0.3, -0.25) is 9.59 Å². The largest absolute Gasteiger partial charge is 0.481 e. The molecule has 4 atom stereocenters. The number of hydrogen-bond donors (Lipinski definition) is 3. The summed E-state index contributed by atoms with van der Waals surface area (Å²) >= 11 is 1.59. The van der Waals surface area contributed by atoms with Crippen LogP contribution in [0.2, 0.25) is 0 Å². The van der Waals surface area contributed by atoms with E-state index in [0.717, 1.165) is 42.8 Å². The average Bonchev–Trinajstić information content (AvgIpc) is 2.96. The molecule has 0 unspecified atom stereocenters. The van der Waals surface area contributed by atoms with Gasteiger partial charge in [-0.05, 0) is 37.9 Å². The molecule has 0 fully saturated rings. The second-order valence-electron chi connectivity index (χ2n) is 8.18. The highest BCUT2D eigenvalue weighted by atomic mass is 32.2. The molecule has 166 valence electrons. The van der Waals surface area contributed by atoms with Gasteiger partial charge in [-0.1, -0.05) is 51.7 Å². The molecule has 0 saturated heterocycles. The summed E-state index contributed by atoms with van der Waals surface area (Å²) in [6, 6.07) is 0. The van der Waals surface area contributed by atoms with Crippen LogP contribution in [0.1, 0.15) is 78.6 Å². The summed E-state index contributed by atoms with van der Waals surface area (Å²) in [7, 11) is 0. The smallest absolute Gasteiger partial charge is 0.303 e. The van der Waals surface area contributed by atoms with E-state index in [1.54, 1.807) is 17.8 Å². The zero-order chi connectivity index (χ0) is 21.8. The summed E-state index contributed by atoms with van der Waals surface area (Å²) in [4.78, 5) is 23.5. The van der Waals surface area contributed by atoms with Gasteiger partial charge in [0, 0.05) is 29.2 Å². The molecule has 3 N–H and O–H groups in total. The number of carboxylic acid groups (broad SMARTS) is 1. The first-order valence-corrected chi connectivity index (χ1v) is 11.9. The molecule has 0 aromatic heterocycles. The summed E-state index contributed by atoms with van der Waals surface area (Å²) in [5, 5.41) is 29.5. The number of unbranched alkanes of at least 4 members (excludes halogenated alkanes) is 3. The van der Waals surface area contributed by atoms with Crippen LogP contribution >= 0.6 is 11.8 Å². The van der Waals surface area contributed by atoms with Gasteiger partial charge in [-0.25, -0.2) is 0 Å². The number of carbonyl (C=O) groups excluding carboxylic acids is 1. The molecule has 0 amide bonds. The summed E-state index contributed by atoms with van der Waals surface area (Å²) in [6.45, 7) is 5.84. The van der Waals surface area contributed by atoms with Crippen LogP contribution in [0.25, 0.3) is 0 Å². The van der Waals surface area contributed by atoms with Crippen LogP contribution in [0.15, 0.2) is 22.6 Å². The SMILES string of the molecule is CCCC[C@@H](C)C[C@H](O)C=C[C@@H]1C(SCCCCCC(=O)O)=C(C(C)=O)C[C@H]1O. The fourth-order valence-electron chi connectivity index (χ4n) is 3.68. The van der Waals surface area contributed by atoms with Crippen LogP contribution in [-0.4, -0.2) is 45.0 Å². The minimum absolute atomic E-state index is 0.0120. The predicted molar refractivity (Wildman–Crippen MR) is 119 cm³/mol. The zero-order valence-corrected chi connectivity index (χ0v) is 18.9. The minimum atomic E-state index is -0.772. The van der Waals surface area contributed by atoms with Crippen LogP contribution in [0.5, 0.6) is 0 Å². The first-order chi connectivity index (χ1) is 13.8. The lowest BCUT2D eigenvalue weighted by molar-refractivity contribution is -0.137. The molecule has 0 heterocycles. The molecule has 0 aromatic carbocycles. The molecular formula is C23H38O5S. The number of aliphatic hydroxyl groups excluding tert-OH is 2. The summed E-state index contributed by atoms with van der Waals surface area (Å²) in [6.07, 6.45) is 9.48. The van der Waals surface area contributed by atoms with Gasteiger partial charge in [-0.15, -0.1) is 11.8 Å². The molecule has 1 aliphatic rings. The van der Waals surface area contributed by atoms with Crippen molar-refractivity contribution < 1.29 is 24.9 Å². The summed E-state index contributed by atoms with van der Waals surface area (Å²) in [5.41, 5.74) is 0.688. The van der Waals surface area contributed by atoms with Crippen molar-refractivity contribution in [1.82, 2.24) is 0 Å². The van der Waals surface area contributed by atoms with Gasteiger partial charge in [0.1, 0.15) is 0 Å². The van der Waals surface area contributed by atoms with Crippen LogP contribution in [0, 0.1) is 11.8 Å². The Bertz CT molecular complexity index is 584. The Kier molecular flexibility index (Phi) is 12.5. The monoisotopic (exact) mass is 426 g/mol. The molecule has 0 saturated carbocycles. The lowest BCUT2D eigenvalue weighted by atomic mass is 9.96. The highest BCUT2D eigenvalue weighted by Crippen LogP contribution is 2.41. The lowest BCUT2D eigenvalue weighted by Gasteiger charge is -2.17. The number of hydrogen-bond acceptors (Lipinski definition) is 5. The Morgan fingerprint density at radius 2 is 1.97 bits per heavy atom. The van der Waals surface area contributed by atoms with E-state index in [1.807, 2.05) is 6.08 Å². The highest BCUT2D eigenvalue weighted by molar-refractivity contribution is 8.03. The number of carboxylic acids is 1.